The van der Waals surface area contributed by atoms with Crippen LogP contribution >= 0.6 is 0 Å². The molecular weight excluding hydrogens is 482 g/mol. The van der Waals surface area contributed by atoms with Crippen molar-refractivity contribution in [2.24, 2.45) is 0 Å². The van der Waals surface area contributed by atoms with Gasteiger partial charge in [-0.25, -0.2) is 18.1 Å². The highest BCUT2D eigenvalue weighted by Gasteiger charge is 2.14. The number of fused-ring (bicyclic) bond motifs is 1. The molecule has 0 saturated heterocycles. The van der Waals surface area contributed by atoms with E-state index in [1.165, 1.54) is 42.7 Å². The Morgan fingerprint density at radius 1 is 0.946 bits per heavy atom. The number of carbonyl (C=O) groups is 2. The van der Waals surface area contributed by atoms with E-state index in [-0.39, 0.29) is 23.7 Å². The second-order valence-corrected chi connectivity index (χ2v) is 7.91. The van der Waals surface area contributed by atoms with Crippen molar-refractivity contribution in [1.29, 1.82) is 0 Å². The number of benzene rings is 2. The smallest absolute Gasteiger partial charge is 0.325 e. The first-order chi connectivity index (χ1) is 17.9. The second-order valence-electron chi connectivity index (χ2n) is 7.91. The predicted octanol–water partition coefficient (Wildman–Crippen LogP) is 4.75. The molecule has 2 aromatic carbocycles. The van der Waals surface area contributed by atoms with Gasteiger partial charge >= 0.3 is 6.03 Å². The number of hydrogen-bond donors (Lipinski definition) is 2. The molecule has 37 heavy (non-hydrogen) atoms. The largest absolute Gasteiger partial charge is 0.434 e. The molecule has 11 heteroatoms. The first kappa shape index (κ1) is 23.5. The summed E-state index contributed by atoms with van der Waals surface area (Å²) in [5, 5.41) is 8.70. The molecule has 3 aromatic heterocycles. The number of pyridine rings is 1. The van der Waals surface area contributed by atoms with Gasteiger partial charge in [0.15, 0.2) is 11.6 Å². The quantitative estimate of drug-likeness (QED) is 0.348. The van der Waals surface area contributed by atoms with Gasteiger partial charge in [0.2, 0.25) is 11.8 Å². The van der Waals surface area contributed by atoms with Gasteiger partial charge in [-0.05, 0) is 53.6 Å². The normalized spacial score (nSPS) is 10.8. The van der Waals surface area contributed by atoms with Crippen molar-refractivity contribution in [3.05, 3.63) is 103 Å². The Balaban J connectivity index is 1.25. The summed E-state index contributed by atoms with van der Waals surface area (Å²) in [5.41, 5.74) is 2.94. The van der Waals surface area contributed by atoms with Crippen LogP contribution in [0, 0.1) is 11.6 Å². The van der Waals surface area contributed by atoms with Gasteiger partial charge in [-0.15, -0.1) is 0 Å². The zero-order chi connectivity index (χ0) is 25.8. The molecule has 0 aliphatic heterocycles. The van der Waals surface area contributed by atoms with Gasteiger partial charge in [0, 0.05) is 35.9 Å². The highest BCUT2D eigenvalue weighted by Crippen LogP contribution is 2.30. The number of nitrogens with zero attached hydrogens (tertiary/aromatic N) is 4. The van der Waals surface area contributed by atoms with Gasteiger partial charge in [-0.2, -0.15) is 10.1 Å². The number of amides is 3. The maximum Gasteiger partial charge on any atom is 0.325 e. The van der Waals surface area contributed by atoms with E-state index in [9.17, 15) is 18.4 Å². The van der Waals surface area contributed by atoms with Crippen molar-refractivity contribution in [3.63, 3.8) is 0 Å². The number of imide groups is 1. The third kappa shape index (κ3) is 5.56. The Hall–Kier alpha value is -5.19. The van der Waals surface area contributed by atoms with Crippen molar-refractivity contribution < 1.29 is 23.1 Å². The lowest BCUT2D eigenvalue weighted by Crippen LogP contribution is -2.35. The van der Waals surface area contributed by atoms with Crippen LogP contribution in [0.25, 0.3) is 16.6 Å². The van der Waals surface area contributed by atoms with E-state index in [1.54, 1.807) is 23.1 Å². The Kier molecular flexibility index (Phi) is 6.49. The van der Waals surface area contributed by atoms with E-state index in [1.807, 2.05) is 18.2 Å². The lowest BCUT2D eigenvalue weighted by Gasteiger charge is -2.10. The number of nitrogens with one attached hydrogen (secondary N) is 2. The molecule has 0 aliphatic carbocycles. The molecule has 3 heterocycles. The fourth-order valence-electron chi connectivity index (χ4n) is 3.57. The van der Waals surface area contributed by atoms with Crippen molar-refractivity contribution in [2.45, 2.75) is 6.42 Å². The summed E-state index contributed by atoms with van der Waals surface area (Å²) >= 11 is 0. The number of carbonyl (C=O) groups excluding carboxylic acids is 2. The molecule has 184 valence electrons. The average molecular weight is 500 g/mol. The summed E-state index contributed by atoms with van der Waals surface area (Å²) in [6.45, 7) is 0. The number of aromatic nitrogens is 4. The monoisotopic (exact) mass is 500 g/mol. The topological polar surface area (TPSA) is 111 Å². The molecule has 0 aliphatic rings. The fraction of sp³-hybridized carbons (Fsp3) is 0.0385. The number of urea groups is 1. The zero-order valence-electron chi connectivity index (χ0n) is 19.1. The van der Waals surface area contributed by atoms with Crippen LogP contribution in [0.1, 0.15) is 5.56 Å². The summed E-state index contributed by atoms with van der Waals surface area (Å²) in [6.07, 6.45) is 6.31. The maximum atomic E-state index is 14.8. The minimum absolute atomic E-state index is 0.104. The Morgan fingerprint density at radius 3 is 2.49 bits per heavy atom. The molecule has 9 nitrogen and oxygen atoms in total. The maximum absolute atomic E-state index is 14.8. The van der Waals surface area contributed by atoms with E-state index >= 15 is 0 Å². The van der Waals surface area contributed by atoms with Crippen molar-refractivity contribution in [1.82, 2.24) is 24.9 Å². The molecule has 0 atom stereocenters. The number of rotatable bonds is 6. The van der Waals surface area contributed by atoms with E-state index in [0.717, 1.165) is 17.2 Å². The molecule has 0 spiro atoms. The molecule has 2 N–H and O–H groups in total. The summed E-state index contributed by atoms with van der Waals surface area (Å²) < 4.78 is 35.0. The van der Waals surface area contributed by atoms with Gasteiger partial charge in [0.05, 0.1) is 6.42 Å². The standard InChI is InChI=1S/C26H18F2N6O3/c27-19-3-1-16(2-4-19)11-24(35)33-26(36)32-20-5-6-23(21(28)13-20)37-25-22-12-18(14-34(22)31-15-30-25)17-7-9-29-10-8-17/h1-10,12-15H,11H2,(H2,32,33,35,36). The van der Waals surface area contributed by atoms with Crippen LogP contribution in [0.2, 0.25) is 0 Å². The highest BCUT2D eigenvalue weighted by atomic mass is 19.1. The molecule has 0 fully saturated rings. The Bertz CT molecular complexity index is 1590. The first-order valence-corrected chi connectivity index (χ1v) is 11.0. The average Bonchev–Trinajstić information content (AvgIpc) is 3.33. The van der Waals surface area contributed by atoms with Gasteiger partial charge in [0.1, 0.15) is 17.7 Å². The van der Waals surface area contributed by atoms with Crippen LogP contribution in [0.5, 0.6) is 11.6 Å². The fourth-order valence-corrected chi connectivity index (χ4v) is 3.57. The highest BCUT2D eigenvalue weighted by molar-refractivity contribution is 6.01. The van der Waals surface area contributed by atoms with E-state index in [4.69, 9.17) is 4.74 Å². The Morgan fingerprint density at radius 2 is 1.73 bits per heavy atom. The first-order valence-electron chi connectivity index (χ1n) is 11.0. The summed E-state index contributed by atoms with van der Waals surface area (Å²) in [7, 11) is 0. The van der Waals surface area contributed by atoms with Gasteiger partial charge < -0.3 is 10.1 Å². The predicted molar refractivity (Wildman–Crippen MR) is 130 cm³/mol. The van der Waals surface area contributed by atoms with E-state index in [2.05, 4.69) is 25.7 Å². The van der Waals surface area contributed by atoms with Gasteiger partial charge in [-0.1, -0.05) is 12.1 Å². The van der Waals surface area contributed by atoms with Crippen LogP contribution in [0.3, 0.4) is 0 Å². The van der Waals surface area contributed by atoms with Crippen LogP contribution in [-0.2, 0) is 11.2 Å². The third-order valence-corrected chi connectivity index (χ3v) is 5.31. The molecule has 3 amide bonds. The summed E-state index contributed by atoms with van der Waals surface area (Å²) in [5.74, 6) is -1.77. The van der Waals surface area contributed by atoms with E-state index in [0.29, 0.717) is 11.1 Å². The second kappa shape index (κ2) is 10.2. The minimum atomic E-state index is -0.838. The molecule has 5 rings (SSSR count). The van der Waals surface area contributed by atoms with Gasteiger partial charge in [0.25, 0.3) is 0 Å². The molecule has 0 radical (unpaired) electrons. The van der Waals surface area contributed by atoms with Crippen molar-refractivity contribution in [3.8, 4) is 22.8 Å². The lowest BCUT2D eigenvalue weighted by atomic mass is 10.1. The van der Waals surface area contributed by atoms with E-state index < -0.39 is 23.6 Å². The van der Waals surface area contributed by atoms with Crippen LogP contribution in [0.15, 0.2) is 85.6 Å². The minimum Gasteiger partial charge on any atom is -0.434 e. The number of hydrogen-bond acceptors (Lipinski definition) is 6. The lowest BCUT2D eigenvalue weighted by molar-refractivity contribution is -0.119. The van der Waals surface area contributed by atoms with Crippen LogP contribution in [-0.4, -0.2) is 31.5 Å². The van der Waals surface area contributed by atoms with Crippen LogP contribution in [0.4, 0.5) is 19.3 Å². The number of anilines is 1. The third-order valence-electron chi connectivity index (χ3n) is 5.31. The summed E-state index contributed by atoms with van der Waals surface area (Å²) in [6, 6.07) is 13.8. The molecule has 0 unspecified atom stereocenters. The Labute approximate surface area is 208 Å². The van der Waals surface area contributed by atoms with Crippen molar-refractivity contribution in [2.75, 3.05) is 5.32 Å². The summed E-state index contributed by atoms with van der Waals surface area (Å²) in [4.78, 5) is 32.3. The molecular formula is C26H18F2N6O3. The van der Waals surface area contributed by atoms with Crippen molar-refractivity contribution >= 4 is 23.1 Å². The zero-order valence-corrected chi connectivity index (χ0v) is 19.1. The van der Waals surface area contributed by atoms with Crippen LogP contribution < -0.4 is 15.4 Å². The molecule has 0 saturated carbocycles. The number of halogens is 2. The SMILES string of the molecule is O=C(Cc1ccc(F)cc1)NC(=O)Nc1ccc(Oc2ncnn3cc(-c4ccncc4)cc23)c(F)c1. The number of ether oxygens (including phenoxy) is 1. The molecule has 5 aromatic rings. The molecule has 0 bridgehead atoms. The van der Waals surface area contributed by atoms with Gasteiger partial charge in [-0.3, -0.25) is 15.1 Å².